The number of ether oxygens (including phenoxy) is 1. The van der Waals surface area contributed by atoms with Gasteiger partial charge in [-0.15, -0.1) is 0 Å². The second-order valence-corrected chi connectivity index (χ2v) is 9.98. The molecule has 6 unspecified atom stereocenters. The summed E-state index contributed by atoms with van der Waals surface area (Å²) in [7, 11) is 0. The van der Waals surface area contributed by atoms with Crippen LogP contribution in [0.15, 0.2) is 11.6 Å². The van der Waals surface area contributed by atoms with Crippen LogP contribution in [0.3, 0.4) is 0 Å². The molecule has 3 nitrogen and oxygen atoms in total. The van der Waals surface area contributed by atoms with Gasteiger partial charge in [0.05, 0.1) is 0 Å². The van der Waals surface area contributed by atoms with Gasteiger partial charge in [-0.1, -0.05) is 33.3 Å². The number of carbonyl (C=O) groups excluding carboxylic acids is 2. The first-order valence-electron chi connectivity index (χ1n) is 10.7. The van der Waals surface area contributed by atoms with Crippen molar-refractivity contribution < 1.29 is 14.3 Å². The molecule has 0 radical (unpaired) electrons. The molecule has 0 aromatic rings. The summed E-state index contributed by atoms with van der Waals surface area (Å²) in [6, 6.07) is 0. The maximum Gasteiger partial charge on any atom is 0.305 e. The number of ketones is 1. The summed E-state index contributed by atoms with van der Waals surface area (Å²) in [5, 5.41) is 0. The van der Waals surface area contributed by atoms with Crippen molar-refractivity contribution in [1.29, 1.82) is 0 Å². The molecule has 0 spiro atoms. The van der Waals surface area contributed by atoms with Crippen molar-refractivity contribution in [2.45, 2.75) is 85.2 Å². The molecule has 0 aliphatic heterocycles. The van der Waals surface area contributed by atoms with Crippen molar-refractivity contribution in [3.63, 3.8) is 0 Å². The average molecular weight is 359 g/mol. The molecule has 26 heavy (non-hydrogen) atoms. The van der Waals surface area contributed by atoms with E-state index in [2.05, 4.69) is 20.8 Å². The highest BCUT2D eigenvalue weighted by Gasteiger charge is 2.61. The van der Waals surface area contributed by atoms with Crippen LogP contribution in [0.2, 0.25) is 0 Å². The fraction of sp³-hybridized carbons (Fsp3) is 0.826. The second-order valence-electron chi connectivity index (χ2n) is 9.98. The van der Waals surface area contributed by atoms with Gasteiger partial charge in [-0.05, 0) is 73.7 Å². The van der Waals surface area contributed by atoms with Gasteiger partial charge in [-0.3, -0.25) is 9.59 Å². The Morgan fingerprint density at radius 1 is 1.19 bits per heavy atom. The molecule has 4 rings (SSSR count). The maximum atomic E-state index is 12.0. The smallest absolute Gasteiger partial charge is 0.305 e. The molecule has 4 aliphatic carbocycles. The van der Waals surface area contributed by atoms with E-state index in [1.54, 1.807) is 0 Å². The SMILES string of the molecule is CCC(=O)OC1CCC2C3C(CCC12C)C1(C)CCC(=O)C=C1C[C@H]3C. The van der Waals surface area contributed by atoms with Gasteiger partial charge in [0.1, 0.15) is 6.10 Å². The van der Waals surface area contributed by atoms with Gasteiger partial charge < -0.3 is 4.74 Å². The number of carbonyl (C=O) groups is 2. The zero-order valence-corrected chi connectivity index (χ0v) is 16.8. The second kappa shape index (κ2) is 6.21. The van der Waals surface area contributed by atoms with Gasteiger partial charge in [0, 0.05) is 18.3 Å². The summed E-state index contributed by atoms with van der Waals surface area (Å²) in [6.45, 7) is 9.10. The molecule has 0 saturated heterocycles. The van der Waals surface area contributed by atoms with Gasteiger partial charge >= 0.3 is 5.97 Å². The minimum Gasteiger partial charge on any atom is -0.462 e. The number of rotatable bonds is 2. The lowest BCUT2D eigenvalue weighted by Crippen LogP contribution is -2.54. The first-order valence-corrected chi connectivity index (χ1v) is 10.7. The van der Waals surface area contributed by atoms with Crippen molar-refractivity contribution in [2.24, 2.45) is 34.5 Å². The minimum atomic E-state index is -0.0429. The van der Waals surface area contributed by atoms with Crippen molar-refractivity contribution in [3.8, 4) is 0 Å². The Bertz CT molecular complexity index is 650. The predicted molar refractivity (Wildman–Crippen MR) is 101 cm³/mol. The summed E-state index contributed by atoms with van der Waals surface area (Å²) in [4.78, 5) is 23.9. The van der Waals surface area contributed by atoms with E-state index in [9.17, 15) is 9.59 Å². The molecule has 0 aromatic carbocycles. The highest BCUT2D eigenvalue weighted by Crippen LogP contribution is 2.66. The van der Waals surface area contributed by atoms with Gasteiger partial charge in [-0.25, -0.2) is 0 Å². The van der Waals surface area contributed by atoms with Crippen LogP contribution in [-0.4, -0.2) is 17.9 Å². The van der Waals surface area contributed by atoms with Crippen LogP contribution in [0.25, 0.3) is 0 Å². The standard InChI is InChI=1S/C23H34O3/c1-5-20(25)26-19-7-6-17-21-14(2)12-15-13-16(24)8-10-22(15,3)18(21)9-11-23(17,19)4/h13-14,17-19,21H,5-12H2,1-4H3/t14-,17?,18?,19?,21?,22?,23?/m1/s1. The van der Waals surface area contributed by atoms with E-state index in [1.165, 1.54) is 18.4 Å². The Balaban J connectivity index is 1.64. The van der Waals surface area contributed by atoms with E-state index in [4.69, 9.17) is 4.74 Å². The summed E-state index contributed by atoms with van der Waals surface area (Å²) < 4.78 is 5.90. The van der Waals surface area contributed by atoms with Crippen molar-refractivity contribution >= 4 is 11.8 Å². The summed E-state index contributed by atoms with van der Waals surface area (Å²) in [5.41, 5.74) is 1.78. The molecule has 3 heteroatoms. The van der Waals surface area contributed by atoms with Crippen LogP contribution in [-0.2, 0) is 14.3 Å². The molecule has 0 amide bonds. The molecule has 0 N–H and O–H groups in total. The van der Waals surface area contributed by atoms with Crippen LogP contribution in [0, 0.1) is 34.5 Å². The van der Waals surface area contributed by atoms with Gasteiger partial charge in [0.25, 0.3) is 0 Å². The van der Waals surface area contributed by atoms with Crippen molar-refractivity contribution in [3.05, 3.63) is 11.6 Å². The van der Waals surface area contributed by atoms with Crippen molar-refractivity contribution in [2.75, 3.05) is 0 Å². The first kappa shape index (κ1) is 18.3. The zero-order chi connectivity index (χ0) is 18.7. The molecule has 0 heterocycles. The summed E-state index contributed by atoms with van der Waals surface area (Å²) in [5.74, 6) is 2.95. The van der Waals surface area contributed by atoms with Crippen molar-refractivity contribution in [1.82, 2.24) is 0 Å². The monoisotopic (exact) mass is 358 g/mol. The number of fused-ring (bicyclic) bond motifs is 5. The lowest BCUT2D eigenvalue weighted by Gasteiger charge is -2.59. The molecule has 4 aliphatic rings. The third-order valence-electron chi connectivity index (χ3n) is 8.78. The number of hydrogen-bond donors (Lipinski definition) is 0. The molecule has 7 atom stereocenters. The molecule has 144 valence electrons. The quantitative estimate of drug-likeness (QED) is 0.646. The van der Waals surface area contributed by atoms with E-state index in [1.807, 2.05) is 13.0 Å². The number of allylic oxidation sites excluding steroid dienone is 1. The van der Waals surface area contributed by atoms with E-state index < -0.39 is 0 Å². The summed E-state index contributed by atoms with van der Waals surface area (Å²) in [6.07, 6.45) is 9.98. The molecular formula is C23H34O3. The third-order valence-corrected chi connectivity index (χ3v) is 8.78. The highest BCUT2D eigenvalue weighted by atomic mass is 16.5. The average Bonchev–Trinajstić information content (AvgIpc) is 2.93. The number of hydrogen-bond acceptors (Lipinski definition) is 3. The maximum absolute atomic E-state index is 12.0. The Kier molecular flexibility index (Phi) is 4.36. The van der Waals surface area contributed by atoms with Crippen LogP contribution < -0.4 is 0 Å². The fourth-order valence-corrected chi connectivity index (χ4v) is 7.29. The van der Waals surface area contributed by atoms with E-state index >= 15 is 0 Å². The van der Waals surface area contributed by atoms with Gasteiger partial charge in [0.15, 0.2) is 5.78 Å². The van der Waals surface area contributed by atoms with Crippen LogP contribution in [0.1, 0.15) is 79.1 Å². The first-order chi connectivity index (χ1) is 12.3. The van der Waals surface area contributed by atoms with Crippen LogP contribution in [0.4, 0.5) is 0 Å². The molecule has 3 saturated carbocycles. The molecule has 0 aromatic heterocycles. The zero-order valence-electron chi connectivity index (χ0n) is 16.8. The third kappa shape index (κ3) is 2.52. The molecule has 3 fully saturated rings. The van der Waals surface area contributed by atoms with Crippen LogP contribution in [0.5, 0.6) is 0 Å². The lowest BCUT2D eigenvalue weighted by atomic mass is 9.45. The lowest BCUT2D eigenvalue weighted by molar-refractivity contribution is -0.160. The van der Waals surface area contributed by atoms with Gasteiger partial charge in [-0.2, -0.15) is 0 Å². The van der Waals surface area contributed by atoms with Crippen LogP contribution >= 0.6 is 0 Å². The Morgan fingerprint density at radius 3 is 2.69 bits per heavy atom. The Hall–Kier alpha value is -1.12. The Labute approximate surface area is 157 Å². The topological polar surface area (TPSA) is 43.4 Å². The highest BCUT2D eigenvalue weighted by molar-refractivity contribution is 5.91. The minimum absolute atomic E-state index is 0.0429. The normalized spacial score (nSPS) is 47.5. The Morgan fingerprint density at radius 2 is 1.96 bits per heavy atom. The largest absolute Gasteiger partial charge is 0.462 e. The summed E-state index contributed by atoms with van der Waals surface area (Å²) >= 11 is 0. The molecule has 0 bridgehead atoms. The van der Waals surface area contributed by atoms with Gasteiger partial charge in [0.2, 0.25) is 0 Å². The predicted octanol–water partition coefficient (Wildman–Crippen LogP) is 5.09. The van der Waals surface area contributed by atoms with E-state index in [0.717, 1.165) is 32.1 Å². The fourth-order valence-electron chi connectivity index (χ4n) is 7.29. The number of esters is 1. The molecular weight excluding hydrogens is 324 g/mol. The van der Waals surface area contributed by atoms with E-state index in [-0.39, 0.29) is 22.9 Å². The van der Waals surface area contributed by atoms with E-state index in [0.29, 0.717) is 35.9 Å².